The van der Waals surface area contributed by atoms with Gasteiger partial charge in [0, 0.05) is 20.0 Å². The van der Waals surface area contributed by atoms with Crippen molar-refractivity contribution >= 4 is 5.91 Å². The van der Waals surface area contributed by atoms with Gasteiger partial charge in [0.25, 0.3) is 0 Å². The molecule has 0 unspecified atom stereocenters. The van der Waals surface area contributed by atoms with Crippen LogP contribution in [0.25, 0.3) is 0 Å². The van der Waals surface area contributed by atoms with Crippen molar-refractivity contribution in [2.75, 3.05) is 13.1 Å². The van der Waals surface area contributed by atoms with Crippen LogP contribution < -0.4 is 0 Å². The Balaban J connectivity index is 2.85. The average Bonchev–Trinajstić information content (AvgIpc) is 2.17. The topological polar surface area (TPSA) is 20.3 Å². The molecule has 0 saturated carbocycles. The Bertz CT molecular complexity index is 225. The van der Waals surface area contributed by atoms with E-state index in [2.05, 4.69) is 27.7 Å². The molecule has 0 aromatic rings. The summed E-state index contributed by atoms with van der Waals surface area (Å²) in [6.07, 6.45) is 2.43. The van der Waals surface area contributed by atoms with Crippen molar-refractivity contribution < 1.29 is 4.79 Å². The van der Waals surface area contributed by atoms with E-state index in [-0.39, 0.29) is 5.91 Å². The SMILES string of the molecule is CC(=O)N1CCCC(C(C)C)(C(C)C)C1. The Morgan fingerprint density at radius 3 is 2.13 bits per heavy atom. The highest BCUT2D eigenvalue weighted by Crippen LogP contribution is 2.43. The third kappa shape index (κ3) is 2.35. The first-order valence-electron chi connectivity index (χ1n) is 6.15. The largest absolute Gasteiger partial charge is 0.342 e. The molecular weight excluding hydrogens is 186 g/mol. The maximum Gasteiger partial charge on any atom is 0.219 e. The monoisotopic (exact) mass is 211 g/mol. The lowest BCUT2D eigenvalue weighted by Crippen LogP contribution is -2.50. The molecule has 1 rings (SSSR count). The molecule has 0 aliphatic carbocycles. The minimum Gasteiger partial charge on any atom is -0.342 e. The Labute approximate surface area is 94.0 Å². The van der Waals surface area contributed by atoms with E-state index in [0.717, 1.165) is 19.5 Å². The van der Waals surface area contributed by atoms with Crippen LogP contribution in [0.2, 0.25) is 0 Å². The number of likely N-dealkylation sites (tertiary alicyclic amines) is 1. The second-order valence-corrected chi connectivity index (χ2v) is 5.59. The number of hydrogen-bond donors (Lipinski definition) is 0. The van der Waals surface area contributed by atoms with Crippen molar-refractivity contribution in [3.05, 3.63) is 0 Å². The fraction of sp³-hybridized carbons (Fsp3) is 0.923. The summed E-state index contributed by atoms with van der Waals surface area (Å²) in [4.78, 5) is 13.5. The van der Waals surface area contributed by atoms with Gasteiger partial charge in [-0.25, -0.2) is 0 Å². The van der Waals surface area contributed by atoms with Gasteiger partial charge < -0.3 is 4.90 Å². The van der Waals surface area contributed by atoms with Gasteiger partial charge in [0.15, 0.2) is 0 Å². The minimum absolute atomic E-state index is 0.236. The van der Waals surface area contributed by atoms with Crippen molar-refractivity contribution in [2.24, 2.45) is 17.3 Å². The van der Waals surface area contributed by atoms with Gasteiger partial charge >= 0.3 is 0 Å². The number of hydrogen-bond acceptors (Lipinski definition) is 1. The lowest BCUT2D eigenvalue weighted by Gasteiger charge is -2.48. The molecule has 0 aromatic carbocycles. The standard InChI is InChI=1S/C13H25NO/c1-10(2)13(11(3)4)7-6-8-14(9-13)12(5)15/h10-11H,6-9H2,1-5H3. The van der Waals surface area contributed by atoms with Crippen LogP contribution in [0.3, 0.4) is 0 Å². The number of amides is 1. The summed E-state index contributed by atoms with van der Waals surface area (Å²) >= 11 is 0. The highest BCUT2D eigenvalue weighted by atomic mass is 16.2. The summed E-state index contributed by atoms with van der Waals surface area (Å²) in [6, 6.07) is 0. The van der Waals surface area contributed by atoms with E-state index in [1.54, 1.807) is 6.92 Å². The van der Waals surface area contributed by atoms with Crippen LogP contribution in [0, 0.1) is 17.3 Å². The quantitative estimate of drug-likeness (QED) is 0.687. The molecular formula is C13H25NO. The number of piperidine rings is 1. The van der Waals surface area contributed by atoms with E-state index >= 15 is 0 Å². The van der Waals surface area contributed by atoms with Crippen LogP contribution in [-0.4, -0.2) is 23.9 Å². The zero-order valence-electron chi connectivity index (χ0n) is 10.8. The Hall–Kier alpha value is -0.530. The van der Waals surface area contributed by atoms with Crippen molar-refractivity contribution in [3.8, 4) is 0 Å². The molecule has 1 aliphatic rings. The second kappa shape index (κ2) is 4.54. The van der Waals surface area contributed by atoms with Gasteiger partial charge in [-0.1, -0.05) is 27.7 Å². The Morgan fingerprint density at radius 1 is 1.20 bits per heavy atom. The maximum atomic E-state index is 11.5. The van der Waals surface area contributed by atoms with Gasteiger partial charge in [-0.15, -0.1) is 0 Å². The number of nitrogens with zero attached hydrogens (tertiary/aromatic N) is 1. The van der Waals surface area contributed by atoms with Gasteiger partial charge in [-0.05, 0) is 30.1 Å². The molecule has 0 atom stereocenters. The van der Waals surface area contributed by atoms with Crippen molar-refractivity contribution in [1.82, 2.24) is 4.90 Å². The number of carbonyl (C=O) groups is 1. The Morgan fingerprint density at radius 2 is 1.73 bits per heavy atom. The second-order valence-electron chi connectivity index (χ2n) is 5.59. The van der Waals surface area contributed by atoms with Crippen molar-refractivity contribution in [2.45, 2.75) is 47.5 Å². The molecule has 0 aromatic heterocycles. The van der Waals surface area contributed by atoms with Crippen LogP contribution in [0.5, 0.6) is 0 Å². The summed E-state index contributed by atoms with van der Waals surface area (Å²) in [5.41, 5.74) is 0.337. The van der Waals surface area contributed by atoms with Gasteiger partial charge in [0.2, 0.25) is 5.91 Å². The predicted molar refractivity (Wildman–Crippen MR) is 63.6 cm³/mol. The lowest BCUT2D eigenvalue weighted by molar-refractivity contribution is -0.134. The van der Waals surface area contributed by atoms with E-state index < -0.39 is 0 Å². The molecule has 0 spiro atoms. The third-order valence-electron chi connectivity index (χ3n) is 4.30. The minimum atomic E-state index is 0.236. The molecule has 1 heterocycles. The summed E-state index contributed by atoms with van der Waals surface area (Å²) in [5.74, 6) is 1.54. The van der Waals surface area contributed by atoms with E-state index in [9.17, 15) is 4.79 Å². The molecule has 2 heteroatoms. The number of rotatable bonds is 2. The molecule has 0 bridgehead atoms. The highest BCUT2D eigenvalue weighted by molar-refractivity contribution is 5.73. The molecule has 1 saturated heterocycles. The zero-order valence-corrected chi connectivity index (χ0v) is 10.8. The molecule has 0 radical (unpaired) electrons. The summed E-state index contributed by atoms with van der Waals surface area (Å²) in [5, 5.41) is 0. The van der Waals surface area contributed by atoms with Crippen LogP contribution in [0.15, 0.2) is 0 Å². The van der Waals surface area contributed by atoms with Gasteiger partial charge in [0.1, 0.15) is 0 Å². The van der Waals surface area contributed by atoms with Crippen LogP contribution in [0.4, 0.5) is 0 Å². The molecule has 1 aliphatic heterocycles. The maximum absolute atomic E-state index is 11.5. The molecule has 1 fully saturated rings. The van der Waals surface area contributed by atoms with Gasteiger partial charge in [0.05, 0.1) is 0 Å². The van der Waals surface area contributed by atoms with Crippen LogP contribution in [-0.2, 0) is 4.79 Å². The first-order chi connectivity index (χ1) is 6.90. The zero-order chi connectivity index (χ0) is 11.6. The lowest BCUT2D eigenvalue weighted by atomic mass is 9.64. The first-order valence-corrected chi connectivity index (χ1v) is 6.15. The van der Waals surface area contributed by atoms with Gasteiger partial charge in [-0.3, -0.25) is 4.79 Å². The fourth-order valence-electron chi connectivity index (χ4n) is 2.99. The first kappa shape index (κ1) is 12.5. The van der Waals surface area contributed by atoms with Crippen molar-refractivity contribution in [1.29, 1.82) is 0 Å². The van der Waals surface area contributed by atoms with E-state index in [0.29, 0.717) is 17.3 Å². The number of carbonyl (C=O) groups excluding carboxylic acids is 1. The third-order valence-corrected chi connectivity index (χ3v) is 4.30. The molecule has 0 N–H and O–H groups in total. The molecule has 2 nitrogen and oxygen atoms in total. The van der Waals surface area contributed by atoms with Crippen LogP contribution in [0.1, 0.15) is 47.5 Å². The van der Waals surface area contributed by atoms with Gasteiger partial charge in [-0.2, -0.15) is 0 Å². The van der Waals surface area contributed by atoms with E-state index in [1.165, 1.54) is 6.42 Å². The van der Waals surface area contributed by atoms with Crippen molar-refractivity contribution in [3.63, 3.8) is 0 Å². The highest BCUT2D eigenvalue weighted by Gasteiger charge is 2.41. The van der Waals surface area contributed by atoms with Crippen LogP contribution >= 0.6 is 0 Å². The normalized spacial score (nSPS) is 21.1. The van der Waals surface area contributed by atoms with E-state index in [1.807, 2.05) is 4.90 Å². The summed E-state index contributed by atoms with van der Waals surface area (Å²) < 4.78 is 0. The molecule has 1 amide bonds. The fourth-order valence-corrected chi connectivity index (χ4v) is 2.99. The average molecular weight is 211 g/mol. The summed E-state index contributed by atoms with van der Waals surface area (Å²) in [7, 11) is 0. The molecule has 15 heavy (non-hydrogen) atoms. The predicted octanol–water partition coefficient (Wildman–Crippen LogP) is 2.93. The Kier molecular flexibility index (Phi) is 3.80. The van der Waals surface area contributed by atoms with E-state index in [4.69, 9.17) is 0 Å². The molecule has 88 valence electrons. The smallest absolute Gasteiger partial charge is 0.219 e. The summed E-state index contributed by atoms with van der Waals surface area (Å²) in [6.45, 7) is 12.8.